The minimum atomic E-state index is -0.0880. The van der Waals surface area contributed by atoms with Gasteiger partial charge in [-0.05, 0) is 17.5 Å². The van der Waals surface area contributed by atoms with Crippen molar-refractivity contribution in [1.82, 2.24) is 9.97 Å². The lowest BCUT2D eigenvalue weighted by molar-refractivity contribution is -0.118. The molecule has 3 rings (SSSR count). The summed E-state index contributed by atoms with van der Waals surface area (Å²) in [5.41, 5.74) is 2.33. The lowest BCUT2D eigenvalue weighted by atomic mass is 9.77. The van der Waals surface area contributed by atoms with Gasteiger partial charge in [0.1, 0.15) is 17.3 Å². The first-order valence-electron chi connectivity index (χ1n) is 5.60. The van der Waals surface area contributed by atoms with Crippen molar-refractivity contribution in [3.8, 4) is 0 Å². The third kappa shape index (κ3) is 1.95. The molecule has 1 heterocycles. The van der Waals surface area contributed by atoms with Crippen LogP contribution in [0.25, 0.3) is 0 Å². The van der Waals surface area contributed by atoms with Gasteiger partial charge in [-0.25, -0.2) is 9.97 Å². The fraction of sp³-hybridized carbons (Fsp3) is 0.154. The van der Waals surface area contributed by atoms with Crippen LogP contribution < -0.4 is 5.32 Å². The standard InChI is InChI=1S/C13H10ClN3O/c14-11-6-12(16-7-15-11)17-13(18)10-5-8-3-1-2-4-9(8)10/h1-4,6-7,10H,5H2,(H,15,16,17,18). The van der Waals surface area contributed by atoms with E-state index in [1.54, 1.807) is 0 Å². The molecule has 5 heteroatoms. The molecule has 90 valence electrons. The van der Waals surface area contributed by atoms with Crippen molar-refractivity contribution in [2.45, 2.75) is 12.3 Å². The molecule has 0 saturated heterocycles. The number of carbonyl (C=O) groups excluding carboxylic acids is 1. The number of hydrogen-bond acceptors (Lipinski definition) is 3. The van der Waals surface area contributed by atoms with E-state index in [9.17, 15) is 4.79 Å². The number of carbonyl (C=O) groups is 1. The molecule has 1 N–H and O–H groups in total. The Bertz CT molecular complexity index is 615. The van der Waals surface area contributed by atoms with E-state index >= 15 is 0 Å². The van der Waals surface area contributed by atoms with E-state index in [1.807, 2.05) is 24.3 Å². The van der Waals surface area contributed by atoms with Crippen LogP contribution in [0.2, 0.25) is 5.15 Å². The predicted molar refractivity (Wildman–Crippen MR) is 68.6 cm³/mol. The average Bonchev–Trinajstić information content (AvgIpc) is 2.30. The molecule has 18 heavy (non-hydrogen) atoms. The Morgan fingerprint density at radius 1 is 1.33 bits per heavy atom. The van der Waals surface area contributed by atoms with Gasteiger partial charge in [-0.1, -0.05) is 35.9 Å². The number of rotatable bonds is 2. The highest BCUT2D eigenvalue weighted by Crippen LogP contribution is 2.35. The first-order chi connectivity index (χ1) is 8.74. The molecule has 0 aliphatic heterocycles. The summed E-state index contributed by atoms with van der Waals surface area (Å²) in [7, 11) is 0. The van der Waals surface area contributed by atoms with Crippen molar-refractivity contribution in [2.75, 3.05) is 5.32 Å². The summed E-state index contributed by atoms with van der Waals surface area (Å²) in [6.07, 6.45) is 2.10. The number of anilines is 1. The van der Waals surface area contributed by atoms with Gasteiger partial charge in [0.25, 0.3) is 0 Å². The highest BCUT2D eigenvalue weighted by molar-refractivity contribution is 6.29. The molecule has 0 fully saturated rings. The van der Waals surface area contributed by atoms with Crippen LogP contribution in [0.3, 0.4) is 0 Å². The van der Waals surface area contributed by atoms with Gasteiger partial charge in [-0.3, -0.25) is 4.79 Å². The fourth-order valence-corrected chi connectivity index (χ4v) is 2.26. The van der Waals surface area contributed by atoms with E-state index in [0.717, 1.165) is 12.0 Å². The zero-order valence-electron chi connectivity index (χ0n) is 9.43. The largest absolute Gasteiger partial charge is 0.310 e. The molecule has 1 atom stereocenters. The number of nitrogens with zero attached hydrogens (tertiary/aromatic N) is 2. The van der Waals surface area contributed by atoms with Crippen LogP contribution in [0, 0.1) is 0 Å². The van der Waals surface area contributed by atoms with Crippen LogP contribution in [0.15, 0.2) is 36.7 Å². The van der Waals surface area contributed by atoms with Crippen molar-refractivity contribution in [3.63, 3.8) is 0 Å². The Balaban J connectivity index is 1.75. The topological polar surface area (TPSA) is 54.9 Å². The lowest BCUT2D eigenvalue weighted by Crippen LogP contribution is -2.30. The maximum absolute atomic E-state index is 12.1. The van der Waals surface area contributed by atoms with Gasteiger partial charge in [0.05, 0.1) is 5.92 Å². The second-order valence-corrected chi connectivity index (χ2v) is 4.56. The quantitative estimate of drug-likeness (QED) is 0.843. The summed E-state index contributed by atoms with van der Waals surface area (Å²) in [5, 5.41) is 3.07. The highest BCUT2D eigenvalue weighted by atomic mass is 35.5. The highest BCUT2D eigenvalue weighted by Gasteiger charge is 2.31. The Labute approximate surface area is 109 Å². The molecule has 2 aromatic rings. The van der Waals surface area contributed by atoms with Crippen LogP contribution in [-0.4, -0.2) is 15.9 Å². The van der Waals surface area contributed by atoms with E-state index in [1.165, 1.54) is 18.0 Å². The number of benzene rings is 1. The molecule has 1 amide bonds. The number of hydrogen-bond donors (Lipinski definition) is 1. The summed E-state index contributed by atoms with van der Waals surface area (Å²) in [6, 6.07) is 9.48. The molecule has 1 aliphatic carbocycles. The van der Waals surface area contributed by atoms with Gasteiger partial charge in [0, 0.05) is 6.07 Å². The number of fused-ring (bicyclic) bond motifs is 1. The van der Waals surface area contributed by atoms with Crippen molar-refractivity contribution in [2.24, 2.45) is 0 Å². The van der Waals surface area contributed by atoms with E-state index in [0.29, 0.717) is 11.0 Å². The maximum atomic E-state index is 12.1. The van der Waals surface area contributed by atoms with Gasteiger partial charge in [-0.2, -0.15) is 0 Å². The van der Waals surface area contributed by atoms with E-state index in [-0.39, 0.29) is 11.8 Å². The summed E-state index contributed by atoms with van der Waals surface area (Å²) >= 11 is 5.73. The number of nitrogens with one attached hydrogen (secondary N) is 1. The summed E-state index contributed by atoms with van der Waals surface area (Å²) in [5.74, 6) is 0.294. The van der Waals surface area contributed by atoms with Crippen LogP contribution in [0.1, 0.15) is 17.0 Å². The molecule has 0 bridgehead atoms. The molecule has 0 radical (unpaired) electrons. The van der Waals surface area contributed by atoms with E-state index in [2.05, 4.69) is 15.3 Å². The SMILES string of the molecule is O=C(Nc1cc(Cl)ncn1)C1Cc2ccccc21. The molecule has 1 aliphatic rings. The molecular weight excluding hydrogens is 250 g/mol. The molecule has 1 aromatic heterocycles. The van der Waals surface area contributed by atoms with Crippen molar-refractivity contribution < 1.29 is 4.79 Å². The molecular formula is C13H10ClN3O. The minimum absolute atomic E-state index is 0.0523. The molecule has 4 nitrogen and oxygen atoms in total. The van der Waals surface area contributed by atoms with Crippen molar-refractivity contribution in [3.05, 3.63) is 52.9 Å². The Morgan fingerprint density at radius 2 is 2.17 bits per heavy atom. The second-order valence-electron chi connectivity index (χ2n) is 4.17. The Kier molecular flexibility index (Phi) is 2.72. The molecule has 0 spiro atoms. The normalized spacial score (nSPS) is 16.6. The monoisotopic (exact) mass is 259 g/mol. The third-order valence-corrected chi connectivity index (χ3v) is 3.26. The van der Waals surface area contributed by atoms with Gasteiger partial charge >= 0.3 is 0 Å². The van der Waals surface area contributed by atoms with Crippen molar-refractivity contribution >= 4 is 23.3 Å². The maximum Gasteiger partial charge on any atom is 0.233 e. The van der Waals surface area contributed by atoms with Crippen LogP contribution in [0.4, 0.5) is 5.82 Å². The van der Waals surface area contributed by atoms with E-state index < -0.39 is 0 Å². The third-order valence-electron chi connectivity index (χ3n) is 3.06. The van der Waals surface area contributed by atoms with Crippen molar-refractivity contribution in [1.29, 1.82) is 0 Å². The fourth-order valence-electron chi connectivity index (χ4n) is 2.11. The Hall–Kier alpha value is -1.94. The zero-order chi connectivity index (χ0) is 12.5. The first-order valence-corrected chi connectivity index (χ1v) is 5.98. The molecule has 0 saturated carbocycles. The molecule has 1 aromatic carbocycles. The van der Waals surface area contributed by atoms with Crippen LogP contribution >= 0.6 is 11.6 Å². The predicted octanol–water partition coefficient (Wildman–Crippen LogP) is 2.41. The minimum Gasteiger partial charge on any atom is -0.310 e. The van der Waals surface area contributed by atoms with Gasteiger partial charge in [0.15, 0.2) is 0 Å². The smallest absolute Gasteiger partial charge is 0.233 e. The van der Waals surface area contributed by atoms with Crippen LogP contribution in [-0.2, 0) is 11.2 Å². The summed E-state index contributed by atoms with van der Waals surface area (Å²) in [6.45, 7) is 0. The second kappa shape index (κ2) is 4.38. The van der Waals surface area contributed by atoms with E-state index in [4.69, 9.17) is 11.6 Å². The number of aromatic nitrogens is 2. The van der Waals surface area contributed by atoms with Gasteiger partial charge in [-0.15, -0.1) is 0 Å². The average molecular weight is 260 g/mol. The summed E-state index contributed by atoms with van der Waals surface area (Å²) in [4.78, 5) is 19.8. The number of amides is 1. The number of halogens is 1. The summed E-state index contributed by atoms with van der Waals surface area (Å²) < 4.78 is 0. The molecule has 1 unspecified atom stereocenters. The lowest BCUT2D eigenvalue weighted by Gasteiger charge is -2.28. The van der Waals surface area contributed by atoms with Gasteiger partial charge in [0.2, 0.25) is 5.91 Å². The van der Waals surface area contributed by atoms with Gasteiger partial charge < -0.3 is 5.32 Å². The zero-order valence-corrected chi connectivity index (χ0v) is 10.2. The Morgan fingerprint density at radius 3 is 2.94 bits per heavy atom. The first kappa shape index (κ1) is 11.2. The van der Waals surface area contributed by atoms with Crippen LogP contribution in [0.5, 0.6) is 0 Å².